The summed E-state index contributed by atoms with van der Waals surface area (Å²) in [6.45, 7) is 4.59. The summed E-state index contributed by atoms with van der Waals surface area (Å²) in [5.41, 5.74) is 0.683. The molecule has 0 aliphatic rings. The summed E-state index contributed by atoms with van der Waals surface area (Å²) >= 11 is 1.42. The minimum Gasteiger partial charge on any atom is -0.419 e. The number of H-pyrrole nitrogens is 1. The second-order valence-corrected chi connectivity index (χ2v) is 6.34. The molecule has 23 heavy (non-hydrogen) atoms. The number of aromatic amines is 1. The molecule has 0 aliphatic carbocycles. The van der Waals surface area contributed by atoms with Crippen molar-refractivity contribution in [3.05, 3.63) is 46.7 Å². The van der Waals surface area contributed by atoms with Gasteiger partial charge in [0.05, 0.1) is 5.25 Å². The largest absolute Gasteiger partial charge is 0.419 e. The fourth-order valence-electron chi connectivity index (χ4n) is 2.12. The van der Waals surface area contributed by atoms with Gasteiger partial charge < -0.3 is 4.42 Å². The van der Waals surface area contributed by atoms with E-state index in [9.17, 15) is 4.79 Å². The van der Waals surface area contributed by atoms with Gasteiger partial charge in [0.15, 0.2) is 5.16 Å². The molecule has 2 heterocycles. The van der Waals surface area contributed by atoms with Crippen LogP contribution in [-0.2, 0) is 6.54 Å². The maximum atomic E-state index is 11.7. The SMILES string of the molecule is CCCn1c(S[C@H](C)c2nnc(-c3ccccc3)o2)n[nH]c1=O. The zero-order valence-electron chi connectivity index (χ0n) is 12.9. The molecule has 3 aromatic rings. The summed E-state index contributed by atoms with van der Waals surface area (Å²) < 4.78 is 7.36. The van der Waals surface area contributed by atoms with Crippen LogP contribution < -0.4 is 5.69 Å². The van der Waals surface area contributed by atoms with Crippen molar-refractivity contribution in [1.82, 2.24) is 25.0 Å². The number of hydrogen-bond donors (Lipinski definition) is 1. The van der Waals surface area contributed by atoms with Crippen LogP contribution in [0.1, 0.15) is 31.4 Å². The molecule has 0 amide bonds. The molecule has 1 aromatic carbocycles. The number of rotatable bonds is 6. The van der Waals surface area contributed by atoms with Gasteiger partial charge in [-0.3, -0.25) is 4.57 Å². The van der Waals surface area contributed by atoms with Crippen molar-refractivity contribution < 1.29 is 4.42 Å². The molecule has 0 bridgehead atoms. The number of hydrogen-bond acceptors (Lipinski definition) is 6. The lowest BCUT2D eigenvalue weighted by Gasteiger charge is -2.07. The molecule has 120 valence electrons. The summed E-state index contributed by atoms with van der Waals surface area (Å²) in [6.07, 6.45) is 0.861. The Bertz CT molecular complexity index is 824. The first-order chi connectivity index (χ1) is 11.2. The van der Waals surface area contributed by atoms with E-state index in [0.29, 0.717) is 23.5 Å². The molecule has 0 saturated carbocycles. The van der Waals surface area contributed by atoms with Crippen LogP contribution in [0.5, 0.6) is 0 Å². The minimum absolute atomic E-state index is 0.106. The number of nitrogens with one attached hydrogen (secondary N) is 1. The van der Waals surface area contributed by atoms with Gasteiger partial charge in [-0.1, -0.05) is 36.9 Å². The molecule has 0 spiro atoms. The van der Waals surface area contributed by atoms with Crippen molar-refractivity contribution in [2.75, 3.05) is 0 Å². The Hall–Kier alpha value is -2.35. The standard InChI is InChI=1S/C15H17N5O2S/c1-3-9-20-14(21)18-19-15(20)23-10(2)12-16-17-13(22-12)11-7-5-4-6-8-11/h4-8,10H,3,9H2,1-2H3,(H,18,21)/t10-/m1/s1. The van der Waals surface area contributed by atoms with E-state index in [1.54, 1.807) is 4.57 Å². The van der Waals surface area contributed by atoms with E-state index in [0.717, 1.165) is 12.0 Å². The monoisotopic (exact) mass is 331 g/mol. The average Bonchev–Trinajstić information content (AvgIpc) is 3.18. The summed E-state index contributed by atoms with van der Waals surface area (Å²) in [5, 5.41) is 15.3. The third kappa shape index (κ3) is 3.37. The molecule has 0 fully saturated rings. The lowest BCUT2D eigenvalue weighted by Crippen LogP contribution is -2.17. The summed E-state index contributed by atoms with van der Waals surface area (Å²) in [5.74, 6) is 0.994. The van der Waals surface area contributed by atoms with Gasteiger partial charge in [0, 0.05) is 12.1 Å². The van der Waals surface area contributed by atoms with E-state index < -0.39 is 0 Å². The highest BCUT2D eigenvalue weighted by Gasteiger charge is 2.19. The van der Waals surface area contributed by atoms with Crippen LogP contribution in [0.15, 0.2) is 44.7 Å². The zero-order valence-corrected chi connectivity index (χ0v) is 13.7. The number of nitrogens with zero attached hydrogens (tertiary/aromatic N) is 4. The third-order valence-corrected chi connectivity index (χ3v) is 4.34. The van der Waals surface area contributed by atoms with Gasteiger partial charge >= 0.3 is 5.69 Å². The fraction of sp³-hybridized carbons (Fsp3) is 0.333. The van der Waals surface area contributed by atoms with E-state index >= 15 is 0 Å². The number of thioether (sulfide) groups is 1. The Morgan fingerprint density at radius 3 is 2.83 bits per heavy atom. The molecule has 3 rings (SSSR count). The maximum absolute atomic E-state index is 11.7. The lowest BCUT2D eigenvalue weighted by atomic mass is 10.2. The van der Waals surface area contributed by atoms with Crippen molar-refractivity contribution in [3.8, 4) is 11.5 Å². The van der Waals surface area contributed by atoms with Gasteiger partial charge in [0.25, 0.3) is 0 Å². The predicted octanol–water partition coefficient (Wildman–Crippen LogP) is 2.88. The highest BCUT2D eigenvalue weighted by atomic mass is 32.2. The van der Waals surface area contributed by atoms with Crippen molar-refractivity contribution >= 4 is 11.8 Å². The second kappa shape index (κ2) is 6.82. The van der Waals surface area contributed by atoms with Crippen LogP contribution in [0.3, 0.4) is 0 Å². The first-order valence-corrected chi connectivity index (χ1v) is 8.27. The Morgan fingerprint density at radius 1 is 1.30 bits per heavy atom. The van der Waals surface area contributed by atoms with E-state index in [1.807, 2.05) is 44.2 Å². The van der Waals surface area contributed by atoms with Crippen LogP contribution in [0.25, 0.3) is 11.5 Å². The van der Waals surface area contributed by atoms with Gasteiger partial charge in [0.2, 0.25) is 11.8 Å². The Balaban J connectivity index is 1.78. The zero-order chi connectivity index (χ0) is 16.2. The summed E-state index contributed by atoms with van der Waals surface area (Å²) in [4.78, 5) is 11.7. The van der Waals surface area contributed by atoms with Crippen LogP contribution in [-0.4, -0.2) is 25.0 Å². The number of benzene rings is 1. The van der Waals surface area contributed by atoms with Gasteiger partial charge in [-0.05, 0) is 25.5 Å². The molecule has 1 atom stereocenters. The Morgan fingerprint density at radius 2 is 2.09 bits per heavy atom. The molecule has 0 radical (unpaired) electrons. The van der Waals surface area contributed by atoms with Crippen molar-refractivity contribution in [1.29, 1.82) is 0 Å². The molecule has 0 aliphatic heterocycles. The van der Waals surface area contributed by atoms with Gasteiger partial charge in [0.1, 0.15) is 0 Å². The second-order valence-electron chi connectivity index (χ2n) is 5.03. The maximum Gasteiger partial charge on any atom is 0.343 e. The first kappa shape index (κ1) is 15.5. The van der Waals surface area contributed by atoms with Crippen LogP contribution in [0.4, 0.5) is 0 Å². The third-order valence-electron chi connectivity index (χ3n) is 3.26. The van der Waals surface area contributed by atoms with E-state index in [4.69, 9.17) is 4.42 Å². The lowest BCUT2D eigenvalue weighted by molar-refractivity contribution is 0.508. The molecule has 7 nitrogen and oxygen atoms in total. The van der Waals surface area contributed by atoms with Gasteiger partial charge in [-0.15, -0.1) is 15.3 Å². The predicted molar refractivity (Wildman–Crippen MR) is 87.1 cm³/mol. The average molecular weight is 331 g/mol. The van der Waals surface area contributed by atoms with E-state index in [2.05, 4.69) is 20.4 Å². The molecule has 1 N–H and O–H groups in total. The highest BCUT2D eigenvalue weighted by molar-refractivity contribution is 7.99. The van der Waals surface area contributed by atoms with Crippen molar-refractivity contribution in [2.45, 2.75) is 37.2 Å². The molecule has 2 aromatic heterocycles. The van der Waals surface area contributed by atoms with Crippen LogP contribution in [0, 0.1) is 0 Å². The molecule has 0 unspecified atom stereocenters. The summed E-state index contributed by atoms with van der Waals surface area (Å²) in [7, 11) is 0. The molecule has 0 saturated heterocycles. The van der Waals surface area contributed by atoms with E-state index in [-0.39, 0.29) is 10.9 Å². The first-order valence-electron chi connectivity index (χ1n) is 7.39. The fourth-order valence-corrected chi connectivity index (χ4v) is 3.03. The Labute approximate surface area is 137 Å². The molecular weight excluding hydrogens is 314 g/mol. The molecular formula is C15H17N5O2S. The minimum atomic E-state index is -0.197. The normalized spacial score (nSPS) is 12.4. The number of aromatic nitrogens is 5. The van der Waals surface area contributed by atoms with Gasteiger partial charge in [-0.2, -0.15) is 0 Å². The van der Waals surface area contributed by atoms with Gasteiger partial charge in [-0.25, -0.2) is 9.89 Å². The van der Waals surface area contributed by atoms with Crippen LogP contribution in [0.2, 0.25) is 0 Å². The highest BCUT2D eigenvalue weighted by Crippen LogP contribution is 2.33. The van der Waals surface area contributed by atoms with Crippen molar-refractivity contribution in [2.24, 2.45) is 0 Å². The smallest absolute Gasteiger partial charge is 0.343 e. The topological polar surface area (TPSA) is 89.6 Å². The summed E-state index contributed by atoms with van der Waals surface area (Å²) in [6, 6.07) is 9.61. The quantitative estimate of drug-likeness (QED) is 0.699. The van der Waals surface area contributed by atoms with Crippen molar-refractivity contribution in [3.63, 3.8) is 0 Å². The molecule has 8 heteroatoms. The van der Waals surface area contributed by atoms with Crippen LogP contribution >= 0.6 is 11.8 Å². The van der Waals surface area contributed by atoms with E-state index in [1.165, 1.54) is 11.8 Å². The Kier molecular flexibility index (Phi) is 4.61.